The lowest BCUT2D eigenvalue weighted by molar-refractivity contribution is -0.142. The number of halogens is 3. The average Bonchev–Trinajstić information content (AvgIpc) is 2.60. The van der Waals surface area contributed by atoms with Gasteiger partial charge in [-0.25, -0.2) is 9.50 Å². The van der Waals surface area contributed by atoms with Crippen molar-refractivity contribution in [3.8, 4) is 0 Å². The number of rotatable bonds is 2. The summed E-state index contributed by atoms with van der Waals surface area (Å²) in [4.78, 5) is 14.5. The number of carbonyl (C=O) groups is 1. The Morgan fingerprint density at radius 3 is 2.74 bits per heavy atom. The van der Waals surface area contributed by atoms with Crippen LogP contribution in [0.25, 0.3) is 11.7 Å². The van der Waals surface area contributed by atoms with Gasteiger partial charge in [0.2, 0.25) is 5.91 Å². The predicted molar refractivity (Wildman–Crippen MR) is 61.0 cm³/mol. The monoisotopic (exact) mass is 270 g/mol. The Balaban J connectivity index is 2.69. The summed E-state index contributed by atoms with van der Waals surface area (Å²) in [7, 11) is 0. The van der Waals surface area contributed by atoms with Gasteiger partial charge < -0.3 is 5.73 Å². The molecule has 2 N–H and O–H groups in total. The van der Waals surface area contributed by atoms with Crippen molar-refractivity contribution in [2.75, 3.05) is 0 Å². The fourth-order valence-corrected chi connectivity index (χ4v) is 1.64. The van der Waals surface area contributed by atoms with Crippen LogP contribution in [-0.4, -0.2) is 20.5 Å². The Morgan fingerprint density at radius 1 is 1.47 bits per heavy atom. The number of amides is 1. The first-order chi connectivity index (χ1) is 8.80. The summed E-state index contributed by atoms with van der Waals surface area (Å²) in [5.74, 6) is -0.703. The Labute approximate surface area is 105 Å². The Kier molecular flexibility index (Phi) is 3.01. The van der Waals surface area contributed by atoms with E-state index in [9.17, 15) is 18.0 Å². The summed E-state index contributed by atoms with van der Waals surface area (Å²) in [5, 5.41) is 3.79. The third-order valence-electron chi connectivity index (χ3n) is 2.44. The number of carbonyl (C=O) groups excluding carboxylic acids is 1. The van der Waals surface area contributed by atoms with Crippen molar-refractivity contribution in [2.24, 2.45) is 5.73 Å². The van der Waals surface area contributed by atoms with E-state index in [0.717, 1.165) is 18.3 Å². The van der Waals surface area contributed by atoms with Gasteiger partial charge in [-0.2, -0.15) is 18.3 Å². The van der Waals surface area contributed by atoms with Crippen molar-refractivity contribution in [1.29, 1.82) is 0 Å². The SMILES string of the molecule is Cc1nn2c(C(F)(F)F)ccnc2c1/C=C/C(N)=O. The molecule has 0 atom stereocenters. The zero-order valence-electron chi connectivity index (χ0n) is 9.77. The van der Waals surface area contributed by atoms with Gasteiger partial charge in [-0.05, 0) is 19.1 Å². The van der Waals surface area contributed by atoms with Crippen molar-refractivity contribution in [1.82, 2.24) is 14.6 Å². The highest BCUT2D eigenvalue weighted by atomic mass is 19.4. The molecule has 0 saturated carbocycles. The molecule has 0 spiro atoms. The molecule has 0 radical (unpaired) electrons. The van der Waals surface area contributed by atoms with Crippen molar-refractivity contribution in [3.63, 3.8) is 0 Å². The molecule has 0 fully saturated rings. The molecule has 100 valence electrons. The van der Waals surface area contributed by atoms with E-state index in [0.29, 0.717) is 15.8 Å². The number of aromatic nitrogens is 3. The molecule has 0 aliphatic rings. The highest BCUT2D eigenvalue weighted by Crippen LogP contribution is 2.30. The zero-order chi connectivity index (χ0) is 14.2. The standard InChI is InChI=1S/C11H9F3N4O/c1-6-7(2-3-9(15)19)10-16-5-4-8(11(12,13)14)18(10)17-6/h2-5H,1H3,(H2,15,19)/b3-2+. The number of hydrogen-bond acceptors (Lipinski definition) is 3. The second-order valence-corrected chi connectivity index (χ2v) is 3.80. The van der Waals surface area contributed by atoms with Gasteiger partial charge in [-0.3, -0.25) is 4.79 Å². The topological polar surface area (TPSA) is 73.3 Å². The molecule has 2 aromatic rings. The first-order valence-electron chi connectivity index (χ1n) is 5.20. The lowest BCUT2D eigenvalue weighted by Gasteiger charge is -2.07. The molecule has 0 aliphatic heterocycles. The quantitative estimate of drug-likeness (QED) is 0.841. The Hall–Kier alpha value is -2.38. The van der Waals surface area contributed by atoms with Gasteiger partial charge in [0.25, 0.3) is 0 Å². The normalized spacial score (nSPS) is 12.4. The van der Waals surface area contributed by atoms with Crippen molar-refractivity contribution >= 4 is 17.6 Å². The number of hydrogen-bond donors (Lipinski definition) is 1. The molecule has 0 saturated heterocycles. The number of alkyl halides is 3. The van der Waals surface area contributed by atoms with Crippen LogP contribution in [0.4, 0.5) is 13.2 Å². The van der Waals surface area contributed by atoms with Crippen LogP contribution in [0.2, 0.25) is 0 Å². The van der Waals surface area contributed by atoms with E-state index in [2.05, 4.69) is 10.1 Å². The molecule has 2 aromatic heterocycles. The fraction of sp³-hybridized carbons (Fsp3) is 0.182. The summed E-state index contributed by atoms with van der Waals surface area (Å²) in [5.41, 5.74) is 4.68. The molecule has 5 nitrogen and oxygen atoms in total. The predicted octanol–water partition coefficient (Wildman–Crippen LogP) is 1.56. The lowest BCUT2D eigenvalue weighted by atomic mass is 10.2. The van der Waals surface area contributed by atoms with Gasteiger partial charge in [0.1, 0.15) is 5.69 Å². The van der Waals surface area contributed by atoms with Gasteiger partial charge in [0.15, 0.2) is 5.65 Å². The molecule has 0 unspecified atom stereocenters. The lowest BCUT2D eigenvalue weighted by Crippen LogP contribution is -2.12. The maximum atomic E-state index is 12.8. The average molecular weight is 270 g/mol. The first-order valence-corrected chi connectivity index (χ1v) is 5.20. The third-order valence-corrected chi connectivity index (χ3v) is 2.44. The highest BCUT2D eigenvalue weighted by molar-refractivity contribution is 5.91. The molecule has 0 aliphatic carbocycles. The zero-order valence-corrected chi connectivity index (χ0v) is 9.77. The van der Waals surface area contributed by atoms with Crippen LogP contribution in [-0.2, 0) is 11.0 Å². The number of aryl methyl sites for hydroxylation is 1. The summed E-state index contributed by atoms with van der Waals surface area (Å²) in [6, 6.07) is 0.834. The van der Waals surface area contributed by atoms with Gasteiger partial charge in [0, 0.05) is 17.8 Å². The van der Waals surface area contributed by atoms with E-state index in [-0.39, 0.29) is 5.65 Å². The molecule has 19 heavy (non-hydrogen) atoms. The van der Waals surface area contributed by atoms with E-state index >= 15 is 0 Å². The molecule has 2 heterocycles. The van der Waals surface area contributed by atoms with Crippen molar-refractivity contribution in [2.45, 2.75) is 13.1 Å². The number of primary amides is 1. The molecule has 0 aromatic carbocycles. The fourth-order valence-electron chi connectivity index (χ4n) is 1.64. The smallest absolute Gasteiger partial charge is 0.366 e. The number of nitrogens with zero attached hydrogens (tertiary/aromatic N) is 3. The van der Waals surface area contributed by atoms with Crippen LogP contribution >= 0.6 is 0 Å². The van der Waals surface area contributed by atoms with Gasteiger partial charge in [-0.1, -0.05) is 0 Å². The van der Waals surface area contributed by atoms with Crippen LogP contribution < -0.4 is 5.73 Å². The van der Waals surface area contributed by atoms with E-state index in [1.165, 1.54) is 13.0 Å². The minimum atomic E-state index is -4.54. The van der Waals surface area contributed by atoms with Crippen LogP contribution in [0, 0.1) is 6.92 Å². The van der Waals surface area contributed by atoms with Gasteiger partial charge in [0.05, 0.1) is 5.69 Å². The molecule has 0 bridgehead atoms. The van der Waals surface area contributed by atoms with Crippen LogP contribution in [0.1, 0.15) is 17.0 Å². The summed E-state index contributed by atoms with van der Waals surface area (Å²) in [6.07, 6.45) is -1.15. The number of nitrogens with two attached hydrogens (primary N) is 1. The second kappa shape index (κ2) is 4.38. The van der Waals surface area contributed by atoms with Crippen molar-refractivity contribution < 1.29 is 18.0 Å². The Bertz CT molecular complexity index is 672. The Morgan fingerprint density at radius 2 is 2.16 bits per heavy atom. The summed E-state index contributed by atoms with van der Waals surface area (Å²) in [6.45, 7) is 1.52. The maximum Gasteiger partial charge on any atom is 0.433 e. The van der Waals surface area contributed by atoms with Crippen LogP contribution in [0.5, 0.6) is 0 Å². The molecule has 1 amide bonds. The minimum Gasteiger partial charge on any atom is -0.366 e. The first kappa shape index (κ1) is 13.1. The van der Waals surface area contributed by atoms with E-state index in [1.54, 1.807) is 0 Å². The van der Waals surface area contributed by atoms with E-state index < -0.39 is 17.8 Å². The third kappa shape index (κ3) is 2.42. The number of fused-ring (bicyclic) bond motifs is 1. The van der Waals surface area contributed by atoms with Gasteiger partial charge >= 0.3 is 6.18 Å². The molecular formula is C11H9F3N4O. The summed E-state index contributed by atoms with van der Waals surface area (Å²) >= 11 is 0. The molecule has 8 heteroatoms. The highest BCUT2D eigenvalue weighted by Gasteiger charge is 2.34. The summed E-state index contributed by atoms with van der Waals surface area (Å²) < 4.78 is 39.1. The largest absolute Gasteiger partial charge is 0.433 e. The molecule has 2 rings (SSSR count). The van der Waals surface area contributed by atoms with E-state index in [1.807, 2.05) is 0 Å². The second-order valence-electron chi connectivity index (χ2n) is 3.80. The van der Waals surface area contributed by atoms with E-state index in [4.69, 9.17) is 5.73 Å². The maximum absolute atomic E-state index is 12.8. The minimum absolute atomic E-state index is 0.0184. The molecular weight excluding hydrogens is 261 g/mol. The van der Waals surface area contributed by atoms with Crippen molar-refractivity contribution in [3.05, 3.63) is 35.3 Å². The van der Waals surface area contributed by atoms with Gasteiger partial charge in [-0.15, -0.1) is 0 Å². The van der Waals surface area contributed by atoms with Crippen LogP contribution in [0.15, 0.2) is 18.3 Å². The van der Waals surface area contributed by atoms with Crippen LogP contribution in [0.3, 0.4) is 0 Å².